The maximum Gasteiger partial charge on any atom is 0.253 e. The van der Waals surface area contributed by atoms with Crippen molar-refractivity contribution in [2.24, 2.45) is 0 Å². The highest BCUT2D eigenvalue weighted by Crippen LogP contribution is 2.16. The van der Waals surface area contributed by atoms with Crippen molar-refractivity contribution in [1.29, 1.82) is 0 Å². The average Bonchev–Trinajstić information content (AvgIpc) is 3.11. The highest BCUT2D eigenvalue weighted by molar-refractivity contribution is 5.98. The van der Waals surface area contributed by atoms with E-state index in [9.17, 15) is 9.59 Å². The van der Waals surface area contributed by atoms with E-state index in [1.54, 1.807) is 24.3 Å². The van der Waals surface area contributed by atoms with Crippen LogP contribution in [-0.2, 0) is 9.53 Å². The zero-order valence-electron chi connectivity index (χ0n) is 13.5. The number of halogens is 1. The molecule has 2 amide bonds. The first-order valence-electron chi connectivity index (χ1n) is 8.26. The molecule has 0 aliphatic carbocycles. The van der Waals surface area contributed by atoms with Gasteiger partial charge in [-0.05, 0) is 50.4 Å². The lowest BCUT2D eigenvalue weighted by atomic mass is 10.1. The SMILES string of the molecule is Cl.O=C(N[C@H]1CCCNC1)c1cccc(NC(=O)C2CCCO2)c1. The Bertz CT molecular complexity index is 570. The van der Waals surface area contributed by atoms with Crippen LogP contribution in [0.4, 0.5) is 5.69 Å². The van der Waals surface area contributed by atoms with Crippen LogP contribution in [0.5, 0.6) is 0 Å². The van der Waals surface area contributed by atoms with Crippen LogP contribution in [0.1, 0.15) is 36.0 Å². The Morgan fingerprint density at radius 2 is 2.08 bits per heavy atom. The molecule has 6 nitrogen and oxygen atoms in total. The van der Waals surface area contributed by atoms with Crippen molar-refractivity contribution in [3.8, 4) is 0 Å². The highest BCUT2D eigenvalue weighted by Gasteiger charge is 2.23. The molecule has 0 spiro atoms. The van der Waals surface area contributed by atoms with Crippen molar-refractivity contribution in [2.45, 2.75) is 37.8 Å². The van der Waals surface area contributed by atoms with E-state index >= 15 is 0 Å². The van der Waals surface area contributed by atoms with Crippen molar-refractivity contribution in [3.63, 3.8) is 0 Å². The van der Waals surface area contributed by atoms with Crippen LogP contribution in [0.3, 0.4) is 0 Å². The van der Waals surface area contributed by atoms with Crippen molar-refractivity contribution in [1.82, 2.24) is 10.6 Å². The maximum atomic E-state index is 12.3. The lowest BCUT2D eigenvalue weighted by molar-refractivity contribution is -0.124. The van der Waals surface area contributed by atoms with Crippen molar-refractivity contribution < 1.29 is 14.3 Å². The van der Waals surface area contributed by atoms with Gasteiger partial charge in [-0.3, -0.25) is 9.59 Å². The Kier molecular flexibility index (Phi) is 7.02. The Morgan fingerprint density at radius 3 is 2.79 bits per heavy atom. The molecule has 2 fully saturated rings. The molecule has 2 saturated heterocycles. The molecular weight excluding hydrogens is 330 g/mol. The summed E-state index contributed by atoms with van der Waals surface area (Å²) in [6.45, 7) is 2.45. The molecule has 2 heterocycles. The minimum Gasteiger partial charge on any atom is -0.368 e. The van der Waals surface area contributed by atoms with E-state index in [1.165, 1.54) is 0 Å². The molecule has 2 aliphatic heterocycles. The second-order valence-electron chi connectivity index (χ2n) is 6.09. The van der Waals surface area contributed by atoms with Gasteiger partial charge in [-0.15, -0.1) is 12.4 Å². The third-order valence-corrected chi connectivity index (χ3v) is 4.25. The number of amides is 2. The summed E-state index contributed by atoms with van der Waals surface area (Å²) in [6, 6.07) is 7.19. The second-order valence-corrected chi connectivity index (χ2v) is 6.09. The Hall–Kier alpha value is -1.63. The fraction of sp³-hybridized carbons (Fsp3) is 0.529. The molecule has 24 heavy (non-hydrogen) atoms. The molecule has 1 unspecified atom stereocenters. The van der Waals surface area contributed by atoms with E-state index in [2.05, 4.69) is 16.0 Å². The van der Waals surface area contributed by atoms with Crippen molar-refractivity contribution in [3.05, 3.63) is 29.8 Å². The quantitative estimate of drug-likeness (QED) is 0.770. The van der Waals surface area contributed by atoms with Gasteiger partial charge in [0.05, 0.1) is 0 Å². The van der Waals surface area contributed by atoms with Crippen LogP contribution in [0.15, 0.2) is 24.3 Å². The summed E-state index contributed by atoms with van der Waals surface area (Å²) in [6.07, 6.45) is 3.36. The van der Waals surface area contributed by atoms with Crippen molar-refractivity contribution >= 4 is 29.9 Å². The van der Waals surface area contributed by atoms with Gasteiger partial charge in [0, 0.05) is 30.4 Å². The summed E-state index contributed by atoms with van der Waals surface area (Å²) in [5, 5.41) is 9.13. The largest absolute Gasteiger partial charge is 0.368 e. The predicted octanol–water partition coefficient (Wildman–Crippen LogP) is 1.71. The standard InChI is InChI=1S/C17H23N3O3.ClH/c21-16(20-14-6-2-8-18-11-14)12-4-1-5-13(10-12)19-17(22)15-7-3-9-23-15;/h1,4-5,10,14-15,18H,2-3,6-9,11H2,(H,19,22)(H,20,21);1H/t14-,15?;/m0./s1. The first-order valence-corrected chi connectivity index (χ1v) is 8.26. The van der Waals surface area contributed by atoms with Gasteiger partial charge < -0.3 is 20.7 Å². The smallest absolute Gasteiger partial charge is 0.253 e. The maximum absolute atomic E-state index is 12.3. The molecule has 7 heteroatoms. The van der Waals surface area contributed by atoms with Gasteiger partial charge in [-0.25, -0.2) is 0 Å². The molecular formula is C17H24ClN3O3. The topological polar surface area (TPSA) is 79.5 Å². The number of rotatable bonds is 4. The summed E-state index contributed by atoms with van der Waals surface area (Å²) in [4.78, 5) is 24.4. The van der Waals surface area contributed by atoms with E-state index in [-0.39, 0.29) is 36.4 Å². The van der Waals surface area contributed by atoms with E-state index in [0.29, 0.717) is 17.9 Å². The number of hydrogen-bond acceptors (Lipinski definition) is 4. The van der Waals surface area contributed by atoms with Gasteiger partial charge in [0.15, 0.2) is 0 Å². The first-order chi connectivity index (χ1) is 11.2. The number of carbonyl (C=O) groups is 2. The summed E-state index contributed by atoms with van der Waals surface area (Å²) in [5.41, 5.74) is 1.18. The molecule has 3 N–H and O–H groups in total. The molecule has 132 valence electrons. The number of ether oxygens (including phenoxy) is 1. The van der Waals surface area contributed by atoms with E-state index in [4.69, 9.17) is 4.74 Å². The summed E-state index contributed by atoms with van der Waals surface area (Å²) < 4.78 is 5.37. The van der Waals surface area contributed by atoms with Gasteiger partial charge in [-0.2, -0.15) is 0 Å². The molecule has 2 atom stereocenters. The second kappa shape index (κ2) is 9.01. The zero-order chi connectivity index (χ0) is 16.1. The Balaban J connectivity index is 0.00000208. The normalized spacial score (nSPS) is 23.2. The lowest BCUT2D eigenvalue weighted by Gasteiger charge is -2.23. The number of nitrogens with one attached hydrogen (secondary N) is 3. The van der Waals surface area contributed by atoms with Gasteiger partial charge in [0.1, 0.15) is 6.10 Å². The molecule has 0 bridgehead atoms. The number of anilines is 1. The molecule has 1 aromatic rings. The minimum atomic E-state index is -0.374. The van der Waals surface area contributed by atoms with Gasteiger partial charge >= 0.3 is 0 Å². The van der Waals surface area contributed by atoms with Crippen LogP contribution < -0.4 is 16.0 Å². The number of hydrogen-bond donors (Lipinski definition) is 3. The van der Waals surface area contributed by atoms with Crippen LogP contribution in [0, 0.1) is 0 Å². The van der Waals surface area contributed by atoms with E-state index in [0.717, 1.165) is 38.8 Å². The number of piperidine rings is 1. The number of carbonyl (C=O) groups excluding carboxylic acids is 2. The first kappa shape index (κ1) is 18.7. The van der Waals surface area contributed by atoms with E-state index < -0.39 is 0 Å². The molecule has 1 aromatic carbocycles. The minimum absolute atomic E-state index is 0. The molecule has 3 rings (SSSR count). The molecule has 2 aliphatic rings. The third-order valence-electron chi connectivity index (χ3n) is 4.25. The molecule has 0 radical (unpaired) electrons. The lowest BCUT2D eigenvalue weighted by Crippen LogP contribution is -2.45. The van der Waals surface area contributed by atoms with Gasteiger partial charge in [0.2, 0.25) is 0 Å². The fourth-order valence-electron chi connectivity index (χ4n) is 2.99. The van der Waals surface area contributed by atoms with Crippen molar-refractivity contribution in [2.75, 3.05) is 25.0 Å². The Morgan fingerprint density at radius 1 is 1.21 bits per heavy atom. The van der Waals surface area contributed by atoms with Crippen LogP contribution >= 0.6 is 12.4 Å². The predicted molar refractivity (Wildman–Crippen MR) is 94.7 cm³/mol. The van der Waals surface area contributed by atoms with Crippen LogP contribution in [0.25, 0.3) is 0 Å². The van der Waals surface area contributed by atoms with Crippen LogP contribution in [0.2, 0.25) is 0 Å². The van der Waals surface area contributed by atoms with Gasteiger partial charge in [-0.1, -0.05) is 6.07 Å². The fourth-order valence-corrected chi connectivity index (χ4v) is 2.99. The number of benzene rings is 1. The highest BCUT2D eigenvalue weighted by atomic mass is 35.5. The zero-order valence-corrected chi connectivity index (χ0v) is 14.4. The monoisotopic (exact) mass is 353 g/mol. The van der Waals surface area contributed by atoms with Gasteiger partial charge in [0.25, 0.3) is 11.8 Å². The summed E-state index contributed by atoms with van der Waals surface area (Å²) >= 11 is 0. The summed E-state index contributed by atoms with van der Waals surface area (Å²) in [5.74, 6) is -0.247. The summed E-state index contributed by atoms with van der Waals surface area (Å²) in [7, 11) is 0. The van der Waals surface area contributed by atoms with E-state index in [1.807, 2.05) is 0 Å². The Labute approximate surface area is 148 Å². The molecule has 0 aromatic heterocycles. The van der Waals surface area contributed by atoms with Crippen LogP contribution in [-0.4, -0.2) is 43.7 Å². The third kappa shape index (κ3) is 4.93. The average molecular weight is 354 g/mol. The molecule has 0 saturated carbocycles.